The van der Waals surface area contributed by atoms with Crippen molar-refractivity contribution in [2.75, 3.05) is 26.4 Å². The maximum absolute atomic E-state index is 4.79. The second-order valence-corrected chi connectivity index (χ2v) is 5.73. The fourth-order valence-electron chi connectivity index (χ4n) is 1.85. The highest BCUT2D eigenvalue weighted by Gasteiger charge is 2.06. The molecule has 3 heteroatoms. The molecule has 1 heterocycles. The van der Waals surface area contributed by atoms with E-state index in [1.165, 1.54) is 16.0 Å². The number of para-hydroxylation sites is 1. The average molecular weight is 260 g/mol. The predicted octanol–water partition coefficient (Wildman–Crippen LogP) is 3.45. The van der Waals surface area contributed by atoms with E-state index in [0.717, 1.165) is 24.2 Å². The molecule has 2 aromatic rings. The topological polar surface area (TPSA) is 16.1 Å². The van der Waals surface area contributed by atoms with Crippen LogP contribution in [0.15, 0.2) is 35.4 Å². The normalized spacial score (nSPS) is 11.3. The van der Waals surface area contributed by atoms with Crippen LogP contribution in [0.5, 0.6) is 0 Å². The molecule has 0 N–H and O–H groups in total. The Hall–Kier alpha value is -1.06. The number of aryl methyl sites for hydroxylation is 1. The van der Waals surface area contributed by atoms with Gasteiger partial charge in [-0.05, 0) is 38.2 Å². The first-order chi connectivity index (χ1) is 8.70. The molecule has 0 aliphatic heterocycles. The second kappa shape index (κ2) is 6.21. The lowest BCUT2D eigenvalue weighted by molar-refractivity contribution is 0.437. The Balaban J connectivity index is 2.24. The van der Waals surface area contributed by atoms with Crippen LogP contribution in [0, 0.1) is 0 Å². The Bertz CT molecular complexity index is 523. The Labute approximate surface area is 113 Å². The third-order valence-corrected chi connectivity index (χ3v) is 3.93. The van der Waals surface area contributed by atoms with Crippen LogP contribution in [-0.4, -0.2) is 36.3 Å². The average Bonchev–Trinajstić information content (AvgIpc) is 2.37. The number of benzene rings is 1. The Morgan fingerprint density at radius 2 is 2.00 bits per heavy atom. The smallest absolute Gasteiger partial charge is 0.0999 e. The van der Waals surface area contributed by atoms with E-state index >= 15 is 0 Å². The summed E-state index contributed by atoms with van der Waals surface area (Å²) in [7, 11) is 4.21. The third kappa shape index (κ3) is 3.24. The van der Waals surface area contributed by atoms with Gasteiger partial charge in [0.15, 0.2) is 0 Å². The number of hydrogen-bond acceptors (Lipinski definition) is 3. The monoisotopic (exact) mass is 260 g/mol. The molecule has 0 saturated heterocycles. The zero-order chi connectivity index (χ0) is 13.0. The zero-order valence-electron chi connectivity index (χ0n) is 11.3. The van der Waals surface area contributed by atoms with Gasteiger partial charge >= 0.3 is 0 Å². The number of nitrogens with zero attached hydrogens (tertiary/aromatic N) is 2. The van der Waals surface area contributed by atoms with Crippen molar-refractivity contribution in [3.05, 3.63) is 35.9 Å². The molecule has 0 aliphatic carbocycles. The maximum Gasteiger partial charge on any atom is 0.0999 e. The molecule has 0 atom stereocenters. The summed E-state index contributed by atoms with van der Waals surface area (Å²) in [6, 6.07) is 10.6. The molecule has 18 heavy (non-hydrogen) atoms. The highest BCUT2D eigenvalue weighted by molar-refractivity contribution is 7.99. The predicted molar refractivity (Wildman–Crippen MR) is 80.4 cm³/mol. The summed E-state index contributed by atoms with van der Waals surface area (Å²) in [4.78, 5) is 7.00. The van der Waals surface area contributed by atoms with E-state index in [-0.39, 0.29) is 0 Å². The van der Waals surface area contributed by atoms with Gasteiger partial charge in [-0.2, -0.15) is 0 Å². The molecular formula is C15H20N2S. The summed E-state index contributed by atoms with van der Waals surface area (Å²) in [5.74, 6) is 1.09. The molecule has 1 aromatic heterocycles. The van der Waals surface area contributed by atoms with E-state index in [1.54, 1.807) is 0 Å². The van der Waals surface area contributed by atoms with Crippen molar-refractivity contribution >= 4 is 22.7 Å². The van der Waals surface area contributed by atoms with Crippen LogP contribution in [0.2, 0.25) is 0 Å². The van der Waals surface area contributed by atoms with E-state index in [4.69, 9.17) is 4.98 Å². The first-order valence-corrected chi connectivity index (χ1v) is 7.35. The van der Waals surface area contributed by atoms with Gasteiger partial charge in [-0.3, -0.25) is 0 Å². The van der Waals surface area contributed by atoms with E-state index in [2.05, 4.69) is 56.3 Å². The van der Waals surface area contributed by atoms with Crippen molar-refractivity contribution in [2.45, 2.75) is 18.4 Å². The fourth-order valence-corrected chi connectivity index (χ4v) is 3.05. The van der Waals surface area contributed by atoms with Crippen molar-refractivity contribution in [3.8, 4) is 0 Å². The number of rotatable bonds is 5. The lowest BCUT2D eigenvalue weighted by Crippen LogP contribution is -2.14. The number of pyridine rings is 1. The molecule has 96 valence electrons. The van der Waals surface area contributed by atoms with Crippen molar-refractivity contribution < 1.29 is 0 Å². The van der Waals surface area contributed by atoms with Crippen molar-refractivity contribution in [1.29, 1.82) is 0 Å². The van der Waals surface area contributed by atoms with E-state index in [1.807, 2.05) is 11.8 Å². The minimum absolute atomic E-state index is 1.04. The molecule has 0 spiro atoms. The Kier molecular flexibility index (Phi) is 4.61. The van der Waals surface area contributed by atoms with Crippen LogP contribution < -0.4 is 0 Å². The van der Waals surface area contributed by atoms with E-state index in [0.29, 0.717) is 0 Å². The summed E-state index contributed by atoms with van der Waals surface area (Å²) >= 11 is 1.86. The first kappa shape index (κ1) is 13.4. The molecule has 0 radical (unpaired) electrons. The lowest BCUT2D eigenvalue weighted by Gasteiger charge is -2.11. The van der Waals surface area contributed by atoms with E-state index in [9.17, 15) is 0 Å². The molecule has 0 saturated carbocycles. The summed E-state index contributed by atoms with van der Waals surface area (Å²) in [5.41, 5.74) is 2.46. The van der Waals surface area contributed by atoms with Gasteiger partial charge in [0.2, 0.25) is 0 Å². The van der Waals surface area contributed by atoms with Crippen LogP contribution in [0.1, 0.15) is 12.5 Å². The Morgan fingerprint density at radius 3 is 2.72 bits per heavy atom. The molecule has 0 amide bonds. The summed E-state index contributed by atoms with van der Waals surface area (Å²) < 4.78 is 0. The van der Waals surface area contributed by atoms with Crippen LogP contribution in [0.25, 0.3) is 10.9 Å². The number of fused-ring (bicyclic) bond motifs is 1. The van der Waals surface area contributed by atoms with Crippen LogP contribution in [0.3, 0.4) is 0 Å². The number of hydrogen-bond donors (Lipinski definition) is 0. The SMILES string of the molecule is CCc1cc2ccccc2nc1SCCN(C)C. The minimum Gasteiger partial charge on any atom is -0.309 e. The number of aromatic nitrogens is 1. The maximum atomic E-state index is 4.79. The van der Waals surface area contributed by atoms with Gasteiger partial charge in [0, 0.05) is 17.7 Å². The van der Waals surface area contributed by atoms with Gasteiger partial charge in [0.1, 0.15) is 0 Å². The largest absolute Gasteiger partial charge is 0.309 e. The molecule has 0 aliphatic rings. The van der Waals surface area contributed by atoms with E-state index < -0.39 is 0 Å². The second-order valence-electron chi connectivity index (χ2n) is 4.65. The van der Waals surface area contributed by atoms with Crippen LogP contribution >= 0.6 is 11.8 Å². The van der Waals surface area contributed by atoms with Gasteiger partial charge in [-0.25, -0.2) is 4.98 Å². The van der Waals surface area contributed by atoms with Gasteiger partial charge < -0.3 is 4.90 Å². The molecule has 0 unspecified atom stereocenters. The molecule has 0 bridgehead atoms. The first-order valence-electron chi connectivity index (χ1n) is 6.37. The molecule has 0 fully saturated rings. The van der Waals surface area contributed by atoms with Gasteiger partial charge in [-0.15, -0.1) is 11.8 Å². The van der Waals surface area contributed by atoms with Gasteiger partial charge in [0.25, 0.3) is 0 Å². The molecule has 1 aromatic carbocycles. The van der Waals surface area contributed by atoms with Crippen molar-refractivity contribution in [3.63, 3.8) is 0 Å². The minimum atomic E-state index is 1.04. The van der Waals surface area contributed by atoms with Crippen LogP contribution in [0.4, 0.5) is 0 Å². The Morgan fingerprint density at radius 1 is 1.22 bits per heavy atom. The fraction of sp³-hybridized carbons (Fsp3) is 0.400. The quantitative estimate of drug-likeness (QED) is 0.766. The number of thioether (sulfide) groups is 1. The third-order valence-electron chi connectivity index (χ3n) is 2.92. The summed E-state index contributed by atoms with van der Waals surface area (Å²) in [6.45, 7) is 3.28. The standard InChI is InChI=1S/C15H20N2S/c1-4-12-11-13-7-5-6-8-14(13)16-15(12)18-10-9-17(2)3/h5-8,11H,4,9-10H2,1-3H3. The van der Waals surface area contributed by atoms with Crippen molar-refractivity contribution in [2.24, 2.45) is 0 Å². The zero-order valence-corrected chi connectivity index (χ0v) is 12.1. The van der Waals surface area contributed by atoms with Crippen molar-refractivity contribution in [1.82, 2.24) is 9.88 Å². The molecule has 2 rings (SSSR count). The lowest BCUT2D eigenvalue weighted by atomic mass is 10.1. The van der Waals surface area contributed by atoms with Crippen LogP contribution in [-0.2, 0) is 6.42 Å². The van der Waals surface area contributed by atoms with Gasteiger partial charge in [-0.1, -0.05) is 25.1 Å². The summed E-state index contributed by atoms with van der Waals surface area (Å²) in [5, 5.41) is 2.43. The highest BCUT2D eigenvalue weighted by atomic mass is 32.2. The summed E-state index contributed by atoms with van der Waals surface area (Å²) in [6.07, 6.45) is 1.04. The molecular weight excluding hydrogens is 240 g/mol. The molecule has 2 nitrogen and oxygen atoms in total. The highest BCUT2D eigenvalue weighted by Crippen LogP contribution is 2.25. The van der Waals surface area contributed by atoms with Gasteiger partial charge in [0.05, 0.1) is 10.5 Å².